The summed E-state index contributed by atoms with van der Waals surface area (Å²) in [7, 11) is 0. The molecule has 90 valence electrons. The summed E-state index contributed by atoms with van der Waals surface area (Å²) < 4.78 is 4.44. The first kappa shape index (κ1) is 11.5. The monoisotopic (exact) mass is 247 g/mol. The Bertz CT molecular complexity index is 671. The van der Waals surface area contributed by atoms with Crippen molar-refractivity contribution < 1.29 is 14.3 Å². The Morgan fingerprint density at radius 2 is 2.33 bits per heavy atom. The molecule has 1 N–H and O–H groups in total. The molecule has 0 saturated heterocycles. The zero-order valence-corrected chi connectivity index (χ0v) is 8.78. The van der Waals surface area contributed by atoms with Crippen LogP contribution >= 0.6 is 0 Å². The predicted molar refractivity (Wildman–Crippen MR) is 57.3 cm³/mol. The largest absolute Gasteiger partial charge is 0.318 e. The van der Waals surface area contributed by atoms with E-state index < -0.39 is 17.3 Å². The lowest BCUT2D eigenvalue weighted by atomic mass is 10.2. The molecule has 1 aromatic carbocycles. The lowest BCUT2D eigenvalue weighted by Gasteiger charge is -2.03. The summed E-state index contributed by atoms with van der Waals surface area (Å²) in [5, 5.41) is 28.5. The number of carbonyl (C=O) groups is 1. The number of hydrogen-bond donors (Lipinski definition) is 1. The minimum Gasteiger partial charge on any atom is -0.318 e. The van der Waals surface area contributed by atoms with E-state index in [1.165, 1.54) is 12.1 Å². The molecule has 18 heavy (non-hydrogen) atoms. The van der Waals surface area contributed by atoms with Crippen LogP contribution in [0.4, 0.5) is 11.4 Å². The van der Waals surface area contributed by atoms with Crippen molar-refractivity contribution in [2.75, 3.05) is 5.32 Å². The minimum atomic E-state index is -0.671. The third-order valence-electron chi connectivity index (χ3n) is 2.11. The molecule has 2 aromatic rings. The van der Waals surface area contributed by atoms with Gasteiger partial charge in [-0.05, 0) is 16.4 Å². The Kier molecular flexibility index (Phi) is 2.84. The predicted octanol–water partition coefficient (Wildman–Crippen LogP) is 0.983. The number of benzene rings is 1. The zero-order chi connectivity index (χ0) is 13.1. The minimum absolute atomic E-state index is 0.0653. The molecule has 0 aliphatic rings. The van der Waals surface area contributed by atoms with Gasteiger partial charge in [-0.1, -0.05) is 0 Å². The third kappa shape index (κ3) is 1.94. The second kappa shape index (κ2) is 4.46. The van der Waals surface area contributed by atoms with Gasteiger partial charge in [-0.2, -0.15) is 5.26 Å². The summed E-state index contributed by atoms with van der Waals surface area (Å²) in [4.78, 5) is 21.5. The number of hydrogen-bond acceptors (Lipinski definition) is 7. The molecule has 0 aliphatic carbocycles. The fraction of sp³-hybridized carbons (Fsp3) is 0.111. The van der Waals surface area contributed by atoms with E-state index in [9.17, 15) is 14.9 Å². The topological polar surface area (TPSA) is 135 Å². The zero-order valence-electron chi connectivity index (χ0n) is 8.78. The van der Waals surface area contributed by atoms with Gasteiger partial charge in [0.15, 0.2) is 11.2 Å². The molecule has 0 bridgehead atoms. The van der Waals surface area contributed by atoms with E-state index in [1.807, 2.05) is 0 Å². The van der Waals surface area contributed by atoms with Gasteiger partial charge in [-0.3, -0.25) is 14.9 Å². The smallest absolute Gasteiger partial charge is 0.295 e. The number of rotatable bonds is 3. The van der Waals surface area contributed by atoms with Gasteiger partial charge in [0.05, 0.1) is 11.0 Å². The summed E-state index contributed by atoms with van der Waals surface area (Å²) >= 11 is 0. The molecule has 0 radical (unpaired) electrons. The Morgan fingerprint density at radius 3 is 3.00 bits per heavy atom. The molecule has 0 fully saturated rings. The highest BCUT2D eigenvalue weighted by atomic mass is 16.6. The van der Waals surface area contributed by atoms with E-state index in [2.05, 4.69) is 20.3 Å². The number of nitro benzene ring substituents is 1. The summed E-state index contributed by atoms with van der Waals surface area (Å²) in [5.41, 5.74) is -0.133. The van der Waals surface area contributed by atoms with Gasteiger partial charge in [0.2, 0.25) is 5.91 Å². The van der Waals surface area contributed by atoms with Crippen LogP contribution in [0.2, 0.25) is 0 Å². The number of nitriles is 1. The van der Waals surface area contributed by atoms with E-state index in [4.69, 9.17) is 5.26 Å². The van der Waals surface area contributed by atoms with Crippen LogP contribution < -0.4 is 5.32 Å². The first-order valence-electron chi connectivity index (χ1n) is 4.70. The van der Waals surface area contributed by atoms with Crippen molar-refractivity contribution in [2.24, 2.45) is 0 Å². The van der Waals surface area contributed by atoms with Crippen LogP contribution in [0, 0.1) is 21.4 Å². The average Bonchev–Trinajstić information content (AvgIpc) is 2.77. The van der Waals surface area contributed by atoms with Gasteiger partial charge in [-0.25, -0.2) is 4.63 Å². The number of carbonyl (C=O) groups excluding carboxylic acids is 1. The Hall–Kier alpha value is -3.02. The van der Waals surface area contributed by atoms with Gasteiger partial charge in [0.25, 0.3) is 5.69 Å². The molecule has 1 heterocycles. The quantitative estimate of drug-likeness (QED) is 0.630. The molecule has 2 rings (SSSR count). The molecule has 9 nitrogen and oxygen atoms in total. The Labute approximate surface area is 99.1 Å². The van der Waals surface area contributed by atoms with E-state index in [-0.39, 0.29) is 22.4 Å². The molecule has 0 atom stereocenters. The maximum atomic E-state index is 11.3. The maximum absolute atomic E-state index is 11.3. The number of amides is 1. The van der Waals surface area contributed by atoms with Crippen molar-refractivity contribution in [1.82, 2.24) is 10.3 Å². The fourth-order valence-corrected chi connectivity index (χ4v) is 1.37. The van der Waals surface area contributed by atoms with Crippen LogP contribution in [0.3, 0.4) is 0 Å². The van der Waals surface area contributed by atoms with Crippen LogP contribution in [0.15, 0.2) is 16.8 Å². The van der Waals surface area contributed by atoms with Crippen molar-refractivity contribution in [3.8, 4) is 6.07 Å². The van der Waals surface area contributed by atoms with Gasteiger partial charge >= 0.3 is 0 Å². The first-order chi connectivity index (χ1) is 8.63. The van der Waals surface area contributed by atoms with Crippen LogP contribution in [-0.2, 0) is 4.79 Å². The van der Waals surface area contributed by atoms with Crippen LogP contribution in [0.5, 0.6) is 0 Å². The molecule has 1 aromatic heterocycles. The highest BCUT2D eigenvalue weighted by Gasteiger charge is 2.21. The van der Waals surface area contributed by atoms with Crippen molar-refractivity contribution in [2.45, 2.75) is 6.42 Å². The van der Waals surface area contributed by atoms with Gasteiger partial charge in [-0.15, -0.1) is 0 Å². The Balaban J connectivity index is 2.53. The first-order valence-corrected chi connectivity index (χ1v) is 4.70. The second-order valence-corrected chi connectivity index (χ2v) is 3.23. The molecule has 1 amide bonds. The highest BCUT2D eigenvalue weighted by Crippen LogP contribution is 2.31. The molecular formula is C9H5N5O4. The molecule has 0 spiro atoms. The third-order valence-corrected chi connectivity index (χ3v) is 2.11. The number of aromatic nitrogens is 2. The highest BCUT2D eigenvalue weighted by molar-refractivity contribution is 6.03. The number of anilines is 1. The van der Waals surface area contributed by atoms with Gasteiger partial charge in [0, 0.05) is 6.07 Å². The Morgan fingerprint density at radius 1 is 1.56 bits per heavy atom. The second-order valence-electron chi connectivity index (χ2n) is 3.23. The van der Waals surface area contributed by atoms with Crippen LogP contribution in [0.1, 0.15) is 6.42 Å². The lowest BCUT2D eigenvalue weighted by Crippen LogP contribution is -2.12. The summed E-state index contributed by atoms with van der Waals surface area (Å²) in [5.74, 6) is -0.670. The average molecular weight is 247 g/mol. The molecular weight excluding hydrogens is 242 g/mol. The van der Waals surface area contributed by atoms with E-state index in [0.29, 0.717) is 0 Å². The molecule has 9 heteroatoms. The van der Waals surface area contributed by atoms with Crippen molar-refractivity contribution in [3.05, 3.63) is 22.2 Å². The number of nitro groups is 1. The van der Waals surface area contributed by atoms with E-state index >= 15 is 0 Å². The van der Waals surface area contributed by atoms with Crippen LogP contribution in [0.25, 0.3) is 11.0 Å². The van der Waals surface area contributed by atoms with E-state index in [0.717, 1.165) is 0 Å². The maximum Gasteiger partial charge on any atom is 0.295 e. The van der Waals surface area contributed by atoms with Crippen molar-refractivity contribution in [1.29, 1.82) is 5.26 Å². The molecule has 0 unspecified atom stereocenters. The van der Waals surface area contributed by atoms with Gasteiger partial charge in [0.1, 0.15) is 11.9 Å². The number of nitrogens with one attached hydrogen (secondary N) is 1. The summed E-state index contributed by atoms with van der Waals surface area (Å²) in [6.45, 7) is 0. The van der Waals surface area contributed by atoms with Crippen molar-refractivity contribution in [3.63, 3.8) is 0 Å². The summed E-state index contributed by atoms with van der Waals surface area (Å²) in [6.07, 6.45) is -0.418. The number of fused-ring (bicyclic) bond motifs is 1. The molecule has 0 saturated carbocycles. The lowest BCUT2D eigenvalue weighted by molar-refractivity contribution is -0.383. The van der Waals surface area contributed by atoms with Crippen LogP contribution in [-0.4, -0.2) is 21.1 Å². The SMILES string of the molecule is N#CCC(=O)Nc1c([N+](=O)[O-])ccc2nonc12. The molecule has 0 aliphatic heterocycles. The van der Waals surface area contributed by atoms with E-state index in [1.54, 1.807) is 6.07 Å². The number of nitrogens with zero attached hydrogens (tertiary/aromatic N) is 4. The van der Waals surface area contributed by atoms with Crippen molar-refractivity contribution >= 4 is 28.3 Å². The standard InChI is InChI=1S/C9H5N5O4/c10-4-3-7(15)11-9-6(14(16)17)2-1-5-8(9)13-18-12-5/h1-2H,3H2,(H,11,15). The van der Waals surface area contributed by atoms with Gasteiger partial charge < -0.3 is 5.32 Å². The summed E-state index contributed by atoms with van der Waals surface area (Å²) in [6, 6.07) is 4.16. The fourth-order valence-electron chi connectivity index (χ4n) is 1.37. The normalized spacial score (nSPS) is 9.94.